The highest BCUT2D eigenvalue weighted by Crippen LogP contribution is 2.39. The molecular weight excluding hydrogens is 254 g/mol. The molecular formula is C15H13N3O2. The van der Waals surface area contributed by atoms with Gasteiger partial charge in [-0.1, -0.05) is 35.5 Å². The van der Waals surface area contributed by atoms with Gasteiger partial charge < -0.3 is 15.0 Å². The van der Waals surface area contributed by atoms with E-state index in [2.05, 4.69) is 10.1 Å². The normalized spacial score (nSPS) is 10.4. The fourth-order valence-electron chi connectivity index (χ4n) is 2.10. The topological polar surface area (TPSA) is 74.2 Å². The number of methoxy groups -OCH3 is 1. The Balaban J connectivity index is 2.22. The quantitative estimate of drug-likeness (QED) is 0.789. The Hall–Kier alpha value is -2.82. The minimum atomic E-state index is 0.352. The number of pyridine rings is 1. The van der Waals surface area contributed by atoms with Crippen LogP contribution in [0.25, 0.3) is 22.5 Å². The Labute approximate surface area is 116 Å². The molecule has 2 heterocycles. The van der Waals surface area contributed by atoms with Crippen molar-refractivity contribution in [2.75, 3.05) is 12.8 Å². The monoisotopic (exact) mass is 267 g/mol. The second-order valence-corrected chi connectivity index (χ2v) is 4.21. The van der Waals surface area contributed by atoms with Crippen LogP contribution in [0.5, 0.6) is 5.75 Å². The molecule has 0 saturated carbocycles. The van der Waals surface area contributed by atoms with Gasteiger partial charge in [0.1, 0.15) is 5.75 Å². The van der Waals surface area contributed by atoms with Gasteiger partial charge in [-0.25, -0.2) is 0 Å². The van der Waals surface area contributed by atoms with E-state index in [-0.39, 0.29) is 0 Å². The molecule has 0 unspecified atom stereocenters. The fraction of sp³-hybridized carbons (Fsp3) is 0.0667. The Morgan fingerprint density at radius 2 is 1.95 bits per heavy atom. The summed E-state index contributed by atoms with van der Waals surface area (Å²) in [5.41, 5.74) is 8.41. The Bertz CT molecular complexity index is 723. The molecule has 0 bridgehead atoms. The van der Waals surface area contributed by atoms with Gasteiger partial charge in [-0.2, -0.15) is 0 Å². The summed E-state index contributed by atoms with van der Waals surface area (Å²) in [5, 5.41) is 3.87. The largest absolute Gasteiger partial charge is 0.494 e. The zero-order valence-corrected chi connectivity index (χ0v) is 10.9. The molecule has 0 fully saturated rings. The zero-order chi connectivity index (χ0) is 13.9. The van der Waals surface area contributed by atoms with Crippen molar-refractivity contribution >= 4 is 5.82 Å². The van der Waals surface area contributed by atoms with Crippen LogP contribution in [-0.4, -0.2) is 17.3 Å². The predicted octanol–water partition coefficient (Wildman–Crippen LogP) is 2.99. The van der Waals surface area contributed by atoms with Gasteiger partial charge in [-0.05, 0) is 11.6 Å². The maximum Gasteiger partial charge on any atom is 0.180 e. The molecule has 20 heavy (non-hydrogen) atoms. The molecule has 3 aromatic rings. The van der Waals surface area contributed by atoms with E-state index in [4.69, 9.17) is 15.0 Å². The predicted molar refractivity (Wildman–Crippen MR) is 76.1 cm³/mol. The second-order valence-electron chi connectivity index (χ2n) is 4.21. The van der Waals surface area contributed by atoms with E-state index in [1.807, 2.05) is 36.4 Å². The number of nitrogens with zero attached hydrogens (tertiary/aromatic N) is 2. The van der Waals surface area contributed by atoms with E-state index >= 15 is 0 Å². The van der Waals surface area contributed by atoms with Gasteiger partial charge in [-0.15, -0.1) is 0 Å². The molecule has 100 valence electrons. The summed E-state index contributed by atoms with van der Waals surface area (Å²) in [6, 6.07) is 11.6. The van der Waals surface area contributed by atoms with E-state index in [1.54, 1.807) is 19.5 Å². The lowest BCUT2D eigenvalue weighted by molar-refractivity contribution is 0.405. The second kappa shape index (κ2) is 5.05. The molecule has 0 saturated heterocycles. The molecule has 2 N–H and O–H groups in total. The minimum absolute atomic E-state index is 0.352. The van der Waals surface area contributed by atoms with Crippen LogP contribution in [0.1, 0.15) is 0 Å². The lowest BCUT2D eigenvalue weighted by Gasteiger charge is -2.06. The third kappa shape index (κ3) is 1.99. The van der Waals surface area contributed by atoms with Crippen LogP contribution in [-0.2, 0) is 0 Å². The third-order valence-corrected chi connectivity index (χ3v) is 3.03. The maximum absolute atomic E-state index is 5.94. The number of benzene rings is 1. The van der Waals surface area contributed by atoms with Gasteiger partial charge in [0.05, 0.1) is 24.4 Å². The summed E-state index contributed by atoms with van der Waals surface area (Å²) in [7, 11) is 1.59. The number of hydrogen-bond acceptors (Lipinski definition) is 5. The molecule has 0 aliphatic rings. The smallest absolute Gasteiger partial charge is 0.180 e. The van der Waals surface area contributed by atoms with E-state index in [0.717, 1.165) is 16.7 Å². The highest BCUT2D eigenvalue weighted by Gasteiger charge is 2.20. The molecule has 3 rings (SSSR count). The third-order valence-electron chi connectivity index (χ3n) is 3.03. The molecule has 0 aliphatic heterocycles. The van der Waals surface area contributed by atoms with Crippen molar-refractivity contribution in [3.8, 4) is 28.2 Å². The van der Waals surface area contributed by atoms with Crippen molar-refractivity contribution in [2.24, 2.45) is 0 Å². The van der Waals surface area contributed by atoms with Crippen LogP contribution in [0.15, 0.2) is 53.3 Å². The van der Waals surface area contributed by atoms with Gasteiger partial charge in [0.25, 0.3) is 0 Å². The van der Waals surface area contributed by atoms with Gasteiger partial charge in [0.2, 0.25) is 0 Å². The van der Waals surface area contributed by atoms with Crippen LogP contribution in [0.2, 0.25) is 0 Å². The van der Waals surface area contributed by atoms with Crippen molar-refractivity contribution in [3.05, 3.63) is 48.8 Å². The fourth-order valence-corrected chi connectivity index (χ4v) is 2.10. The highest BCUT2D eigenvalue weighted by atomic mass is 16.5. The van der Waals surface area contributed by atoms with Crippen molar-refractivity contribution in [3.63, 3.8) is 0 Å². The average molecular weight is 267 g/mol. The average Bonchev–Trinajstić information content (AvgIpc) is 2.89. The Morgan fingerprint density at radius 3 is 2.70 bits per heavy atom. The van der Waals surface area contributed by atoms with Gasteiger partial charge in [0.15, 0.2) is 11.6 Å². The Morgan fingerprint density at radius 1 is 1.15 bits per heavy atom. The lowest BCUT2D eigenvalue weighted by Crippen LogP contribution is -1.91. The number of nitrogen functional groups attached to an aromatic ring is 1. The summed E-state index contributed by atoms with van der Waals surface area (Å²) in [5.74, 6) is 1.54. The number of anilines is 1. The maximum atomic E-state index is 5.94. The first kappa shape index (κ1) is 12.2. The first-order chi connectivity index (χ1) is 9.81. The van der Waals surface area contributed by atoms with Crippen LogP contribution in [0, 0.1) is 0 Å². The van der Waals surface area contributed by atoms with E-state index in [9.17, 15) is 0 Å². The first-order valence-electron chi connectivity index (χ1n) is 6.10. The van der Waals surface area contributed by atoms with Crippen molar-refractivity contribution in [1.29, 1.82) is 0 Å². The summed E-state index contributed by atoms with van der Waals surface area (Å²) in [6.07, 6.45) is 3.30. The van der Waals surface area contributed by atoms with Crippen LogP contribution < -0.4 is 10.5 Å². The number of hydrogen-bond donors (Lipinski definition) is 1. The van der Waals surface area contributed by atoms with Crippen molar-refractivity contribution < 1.29 is 9.26 Å². The van der Waals surface area contributed by atoms with Gasteiger partial charge >= 0.3 is 0 Å². The molecule has 0 atom stereocenters. The standard InChI is InChI=1S/C15H13N3O2/c1-19-12-9-17-8-7-11(12)14-13(15(16)18-20-14)10-5-3-2-4-6-10/h2-9H,1H3,(H2,16,18). The summed E-state index contributed by atoms with van der Waals surface area (Å²) in [6.45, 7) is 0. The summed E-state index contributed by atoms with van der Waals surface area (Å²) >= 11 is 0. The zero-order valence-electron chi connectivity index (χ0n) is 10.9. The van der Waals surface area contributed by atoms with E-state index in [1.165, 1.54) is 0 Å². The number of ether oxygens (including phenoxy) is 1. The molecule has 5 heteroatoms. The van der Waals surface area contributed by atoms with Crippen LogP contribution in [0.3, 0.4) is 0 Å². The van der Waals surface area contributed by atoms with Crippen LogP contribution in [0.4, 0.5) is 5.82 Å². The molecule has 0 amide bonds. The molecule has 0 aliphatic carbocycles. The first-order valence-corrected chi connectivity index (χ1v) is 6.10. The summed E-state index contributed by atoms with van der Waals surface area (Å²) in [4.78, 5) is 4.03. The minimum Gasteiger partial charge on any atom is -0.494 e. The van der Waals surface area contributed by atoms with Crippen molar-refractivity contribution in [1.82, 2.24) is 10.1 Å². The van der Waals surface area contributed by atoms with E-state index < -0.39 is 0 Å². The molecule has 0 radical (unpaired) electrons. The summed E-state index contributed by atoms with van der Waals surface area (Å²) < 4.78 is 10.7. The number of rotatable bonds is 3. The van der Waals surface area contributed by atoms with Gasteiger partial charge in [0, 0.05) is 6.20 Å². The Kier molecular flexibility index (Phi) is 3.09. The molecule has 2 aromatic heterocycles. The van der Waals surface area contributed by atoms with Crippen molar-refractivity contribution in [2.45, 2.75) is 0 Å². The number of aromatic nitrogens is 2. The SMILES string of the molecule is COc1cnccc1-c1onc(N)c1-c1ccccc1. The van der Waals surface area contributed by atoms with Crippen LogP contribution >= 0.6 is 0 Å². The van der Waals surface area contributed by atoms with Gasteiger partial charge in [-0.3, -0.25) is 4.98 Å². The molecule has 0 spiro atoms. The number of nitrogens with two attached hydrogens (primary N) is 1. The highest BCUT2D eigenvalue weighted by molar-refractivity contribution is 5.88. The van der Waals surface area contributed by atoms with E-state index in [0.29, 0.717) is 17.3 Å². The molecule has 1 aromatic carbocycles. The lowest BCUT2D eigenvalue weighted by atomic mass is 10.0. The molecule has 5 nitrogen and oxygen atoms in total.